The third-order valence-corrected chi connectivity index (χ3v) is 4.73. The van der Waals surface area contributed by atoms with Crippen LogP contribution in [0.2, 0.25) is 0 Å². The summed E-state index contributed by atoms with van der Waals surface area (Å²) in [5, 5.41) is 42.7. The maximum atomic E-state index is 12.8. The Balaban J connectivity index is 0. The van der Waals surface area contributed by atoms with Crippen LogP contribution in [0.1, 0.15) is 46.5 Å². The molecule has 0 aliphatic heterocycles. The molecule has 20 heteroatoms. The first kappa shape index (κ1) is 39.4. The van der Waals surface area contributed by atoms with Gasteiger partial charge in [-0.25, -0.2) is 4.79 Å². The second kappa shape index (κ2) is 18.5. The molecule has 0 aliphatic carbocycles. The molecule has 17 nitrogen and oxygen atoms in total. The van der Waals surface area contributed by atoms with Crippen molar-refractivity contribution in [3.63, 3.8) is 0 Å². The van der Waals surface area contributed by atoms with E-state index in [1.54, 1.807) is 0 Å². The van der Waals surface area contributed by atoms with Gasteiger partial charge in [-0.15, -0.1) is 0 Å². The van der Waals surface area contributed by atoms with Crippen LogP contribution < -0.4 is 21.3 Å². The van der Waals surface area contributed by atoms with Crippen molar-refractivity contribution in [1.29, 1.82) is 0 Å². The van der Waals surface area contributed by atoms with Gasteiger partial charge in [-0.1, -0.05) is 13.8 Å². The second-order valence-electron chi connectivity index (χ2n) is 8.73. The van der Waals surface area contributed by atoms with E-state index < -0.39 is 109 Å². The van der Waals surface area contributed by atoms with Crippen LogP contribution >= 0.6 is 0 Å². The van der Waals surface area contributed by atoms with E-state index in [1.807, 2.05) is 0 Å². The largest absolute Gasteiger partial charge is 0.490 e. The van der Waals surface area contributed by atoms with Crippen molar-refractivity contribution in [2.24, 2.45) is 5.92 Å². The average Bonchev–Trinajstić information content (AvgIpc) is 2.82. The molecule has 0 aliphatic rings. The molecule has 0 aromatic carbocycles. The van der Waals surface area contributed by atoms with Crippen LogP contribution in [-0.4, -0.2) is 105 Å². The van der Waals surface area contributed by atoms with Crippen LogP contribution in [0.4, 0.5) is 13.2 Å². The van der Waals surface area contributed by atoms with Gasteiger partial charge in [0.25, 0.3) is 0 Å². The topological polar surface area (TPSA) is 283 Å². The standard InChI is InChI=1S/C20H30N4O11.C2HF3O2/c1-9(2)17(20(35)22-11(8-25)6-15(29)30)24-18(33)12(4-5-14(27)28)23-19(34)13(7-16(31)32)21-10(3)26;3-2(4,5)1(6)7/h8-9,11-13,17H,4-7H2,1-3H3,(H,21,26)(H,22,35)(H,23,34)(H,24,33)(H,27,28)(H,29,30)(H,31,32);(H,6,7)/t11-,12-,13-,17-;/m0./s1. The number of alkyl halides is 3. The Bertz CT molecular complexity index is 1020. The second-order valence-corrected chi connectivity index (χ2v) is 8.73. The highest BCUT2D eigenvalue weighted by atomic mass is 19.4. The first-order valence-corrected chi connectivity index (χ1v) is 11.7. The molecule has 0 saturated carbocycles. The summed E-state index contributed by atoms with van der Waals surface area (Å²) in [5.74, 6) is -11.1. The summed E-state index contributed by atoms with van der Waals surface area (Å²) in [6.45, 7) is 4.10. The minimum Gasteiger partial charge on any atom is -0.481 e. The molecule has 42 heavy (non-hydrogen) atoms. The summed E-state index contributed by atoms with van der Waals surface area (Å²) < 4.78 is 31.7. The highest BCUT2D eigenvalue weighted by molar-refractivity contribution is 5.96. The van der Waals surface area contributed by atoms with Gasteiger partial charge in [-0.3, -0.25) is 33.6 Å². The maximum absolute atomic E-state index is 12.8. The molecule has 0 radical (unpaired) electrons. The molecule has 0 aromatic rings. The van der Waals surface area contributed by atoms with Crippen molar-refractivity contribution in [2.75, 3.05) is 0 Å². The van der Waals surface area contributed by atoms with Crippen LogP contribution in [0.5, 0.6) is 0 Å². The lowest BCUT2D eigenvalue weighted by molar-refractivity contribution is -0.192. The first-order valence-electron chi connectivity index (χ1n) is 11.7. The fourth-order valence-corrected chi connectivity index (χ4v) is 2.82. The van der Waals surface area contributed by atoms with Crippen molar-refractivity contribution in [3.05, 3.63) is 0 Å². The molecule has 238 valence electrons. The number of carbonyl (C=O) groups excluding carboxylic acids is 5. The number of amides is 4. The van der Waals surface area contributed by atoms with Gasteiger partial charge >= 0.3 is 30.1 Å². The molecule has 0 bridgehead atoms. The Labute approximate surface area is 235 Å². The maximum Gasteiger partial charge on any atom is 0.490 e. The monoisotopic (exact) mass is 616 g/mol. The van der Waals surface area contributed by atoms with Crippen molar-refractivity contribution >= 4 is 53.8 Å². The molecule has 4 atom stereocenters. The minimum atomic E-state index is -5.08. The number of rotatable bonds is 16. The number of aldehydes is 1. The Kier molecular flexibility index (Phi) is 17.4. The highest BCUT2D eigenvalue weighted by Gasteiger charge is 2.38. The normalized spacial score (nSPS) is 13.5. The van der Waals surface area contributed by atoms with Gasteiger partial charge in [0.2, 0.25) is 23.6 Å². The van der Waals surface area contributed by atoms with Gasteiger partial charge in [0.15, 0.2) is 0 Å². The Hall–Kier alpha value is -4.78. The van der Waals surface area contributed by atoms with Crippen LogP contribution in [0.25, 0.3) is 0 Å². The summed E-state index contributed by atoms with van der Waals surface area (Å²) >= 11 is 0. The molecule has 0 saturated heterocycles. The zero-order chi connectivity index (χ0) is 33.4. The minimum absolute atomic E-state index is 0.214. The van der Waals surface area contributed by atoms with Crippen molar-refractivity contribution in [2.45, 2.75) is 76.8 Å². The molecule has 0 unspecified atom stereocenters. The Morgan fingerprint density at radius 1 is 0.714 bits per heavy atom. The van der Waals surface area contributed by atoms with E-state index >= 15 is 0 Å². The molecule has 8 N–H and O–H groups in total. The number of halogens is 3. The molecule has 0 aromatic heterocycles. The fourth-order valence-electron chi connectivity index (χ4n) is 2.82. The molecule has 4 amide bonds. The van der Waals surface area contributed by atoms with E-state index in [4.69, 9.17) is 25.2 Å². The fraction of sp³-hybridized carbons (Fsp3) is 0.591. The molecule has 0 rings (SSSR count). The number of hydrogen-bond acceptors (Lipinski definition) is 9. The third-order valence-electron chi connectivity index (χ3n) is 4.73. The number of aliphatic carboxylic acids is 4. The number of carboxylic acids is 4. The summed E-state index contributed by atoms with van der Waals surface area (Å²) in [6, 6.07) is -5.75. The van der Waals surface area contributed by atoms with Gasteiger partial charge in [0.1, 0.15) is 24.4 Å². The predicted octanol–water partition coefficient (Wildman–Crippen LogP) is -1.75. The SMILES string of the molecule is CC(=O)N[C@@H](CC(=O)O)C(=O)N[C@@H](CCC(=O)O)C(=O)N[C@H](C(=O)N[C@H](C=O)CC(=O)O)C(C)C.O=C(O)C(F)(F)F. The van der Waals surface area contributed by atoms with E-state index in [2.05, 4.69) is 21.3 Å². The number of carbonyl (C=O) groups is 9. The Morgan fingerprint density at radius 3 is 1.55 bits per heavy atom. The summed E-state index contributed by atoms with van der Waals surface area (Å²) in [7, 11) is 0. The lowest BCUT2D eigenvalue weighted by Gasteiger charge is -2.27. The highest BCUT2D eigenvalue weighted by Crippen LogP contribution is 2.13. The molecule has 0 heterocycles. The zero-order valence-electron chi connectivity index (χ0n) is 22.4. The van der Waals surface area contributed by atoms with Crippen LogP contribution in [0.15, 0.2) is 0 Å². The van der Waals surface area contributed by atoms with Crippen LogP contribution in [0.3, 0.4) is 0 Å². The molecule has 0 spiro atoms. The summed E-state index contributed by atoms with van der Waals surface area (Å²) in [4.78, 5) is 102. The van der Waals surface area contributed by atoms with Gasteiger partial charge in [0.05, 0.1) is 18.9 Å². The molecular formula is C22H31F3N4O13. The quantitative estimate of drug-likeness (QED) is 0.0894. The Morgan fingerprint density at radius 2 is 1.19 bits per heavy atom. The predicted molar refractivity (Wildman–Crippen MR) is 129 cm³/mol. The number of nitrogens with one attached hydrogen (secondary N) is 4. The van der Waals surface area contributed by atoms with Gasteiger partial charge in [0, 0.05) is 13.3 Å². The molecule has 0 fully saturated rings. The summed E-state index contributed by atoms with van der Waals surface area (Å²) in [5.41, 5.74) is 0. The van der Waals surface area contributed by atoms with E-state index in [0.717, 1.165) is 6.92 Å². The summed E-state index contributed by atoms with van der Waals surface area (Å²) in [6.07, 6.45) is -7.39. The van der Waals surface area contributed by atoms with E-state index in [0.29, 0.717) is 0 Å². The average molecular weight is 616 g/mol. The van der Waals surface area contributed by atoms with Gasteiger partial charge < -0.3 is 46.5 Å². The lowest BCUT2D eigenvalue weighted by Crippen LogP contribution is -2.58. The smallest absolute Gasteiger partial charge is 0.481 e. The van der Waals surface area contributed by atoms with Gasteiger partial charge in [-0.2, -0.15) is 13.2 Å². The van der Waals surface area contributed by atoms with Crippen LogP contribution in [0, 0.1) is 5.92 Å². The first-order chi connectivity index (χ1) is 19.1. The van der Waals surface area contributed by atoms with Crippen LogP contribution in [-0.2, 0) is 43.2 Å². The lowest BCUT2D eigenvalue weighted by atomic mass is 10.0. The van der Waals surface area contributed by atoms with Crippen molar-refractivity contribution in [3.8, 4) is 0 Å². The van der Waals surface area contributed by atoms with Crippen molar-refractivity contribution in [1.82, 2.24) is 21.3 Å². The van der Waals surface area contributed by atoms with Crippen molar-refractivity contribution < 1.29 is 76.7 Å². The molecular weight excluding hydrogens is 585 g/mol. The third kappa shape index (κ3) is 17.7. The van der Waals surface area contributed by atoms with E-state index in [9.17, 15) is 51.5 Å². The zero-order valence-corrected chi connectivity index (χ0v) is 22.4. The van der Waals surface area contributed by atoms with E-state index in [1.165, 1.54) is 13.8 Å². The van der Waals surface area contributed by atoms with Gasteiger partial charge in [-0.05, 0) is 12.3 Å². The number of hydrogen-bond donors (Lipinski definition) is 8. The van der Waals surface area contributed by atoms with E-state index in [-0.39, 0.29) is 6.29 Å². The number of carboxylic acid groups (broad SMARTS) is 4.